The SMILES string of the molecule is Cc1cc(C)n(C(C(=O)O)n2nc(C)cc2C)n1.[Cl][Ru][Cl].c1ccc([PH+](c2ccccc2)c2ccccc2)cc1. The molecule has 3 aromatic carbocycles. The van der Waals surface area contributed by atoms with Gasteiger partial charge in [-0.05, 0) is 76.2 Å². The fourth-order valence-electron chi connectivity index (χ4n) is 4.41. The predicted octanol–water partition coefficient (Wildman–Crippen LogP) is 6.00. The molecule has 0 saturated heterocycles. The Hall–Kier alpha value is -2.82. The van der Waals surface area contributed by atoms with Crippen LogP contribution in [0.5, 0.6) is 0 Å². The van der Waals surface area contributed by atoms with E-state index in [0.29, 0.717) is 0 Å². The molecular formula is C30H32Cl2N4O2PRu+. The van der Waals surface area contributed by atoms with Crippen LogP contribution in [0, 0.1) is 27.7 Å². The Morgan fingerprint density at radius 3 is 1.23 bits per heavy atom. The first-order valence-electron chi connectivity index (χ1n) is 12.4. The van der Waals surface area contributed by atoms with Crippen LogP contribution in [-0.4, -0.2) is 30.6 Å². The molecular weight excluding hydrogens is 651 g/mol. The molecule has 6 nitrogen and oxygen atoms in total. The topological polar surface area (TPSA) is 72.9 Å². The number of nitrogens with zero attached hydrogens (tertiary/aromatic N) is 4. The first-order valence-corrected chi connectivity index (χ1v) is 18.4. The van der Waals surface area contributed by atoms with Gasteiger partial charge in [-0.3, -0.25) is 0 Å². The number of halogens is 2. The maximum Gasteiger partial charge on any atom is 0.102 e. The summed E-state index contributed by atoms with van der Waals surface area (Å²) in [7, 11) is 8.83. The Morgan fingerprint density at radius 1 is 0.700 bits per heavy atom. The van der Waals surface area contributed by atoms with Crippen molar-refractivity contribution in [2.75, 3.05) is 0 Å². The molecule has 0 fully saturated rings. The van der Waals surface area contributed by atoms with Gasteiger partial charge in [-0.2, -0.15) is 10.2 Å². The number of rotatable bonds is 6. The molecule has 10 heteroatoms. The van der Waals surface area contributed by atoms with Crippen molar-refractivity contribution in [2.24, 2.45) is 0 Å². The van der Waals surface area contributed by atoms with E-state index in [0.717, 1.165) is 22.8 Å². The van der Waals surface area contributed by atoms with Gasteiger partial charge in [0.25, 0.3) is 0 Å². The van der Waals surface area contributed by atoms with Crippen LogP contribution in [0.3, 0.4) is 0 Å². The van der Waals surface area contributed by atoms with Crippen molar-refractivity contribution < 1.29 is 25.0 Å². The summed E-state index contributed by atoms with van der Waals surface area (Å²) in [5, 5.41) is 22.2. The average Bonchev–Trinajstić information content (AvgIpc) is 3.45. The maximum atomic E-state index is 11.5. The molecule has 0 amide bonds. The van der Waals surface area contributed by atoms with Crippen LogP contribution in [0.15, 0.2) is 103 Å². The van der Waals surface area contributed by atoms with Crippen molar-refractivity contribution in [2.45, 2.75) is 33.9 Å². The van der Waals surface area contributed by atoms with Crippen LogP contribution < -0.4 is 15.9 Å². The van der Waals surface area contributed by atoms with Gasteiger partial charge in [0, 0.05) is 11.4 Å². The molecule has 210 valence electrons. The average molecular weight is 684 g/mol. The Kier molecular flexibility index (Phi) is 12.6. The Labute approximate surface area is 252 Å². The maximum absolute atomic E-state index is 11.5. The van der Waals surface area contributed by atoms with E-state index in [1.807, 2.05) is 39.8 Å². The van der Waals surface area contributed by atoms with E-state index >= 15 is 0 Å². The second kappa shape index (κ2) is 15.8. The number of hydrogen-bond acceptors (Lipinski definition) is 3. The molecule has 0 radical (unpaired) electrons. The van der Waals surface area contributed by atoms with Crippen LogP contribution in [-0.2, 0) is 19.9 Å². The normalized spacial score (nSPS) is 10.6. The molecule has 40 heavy (non-hydrogen) atoms. The van der Waals surface area contributed by atoms with Crippen LogP contribution in [0.25, 0.3) is 0 Å². The van der Waals surface area contributed by atoms with Crippen molar-refractivity contribution >= 4 is 49.2 Å². The molecule has 0 unspecified atom stereocenters. The van der Waals surface area contributed by atoms with Gasteiger partial charge in [0.05, 0.1) is 19.3 Å². The van der Waals surface area contributed by atoms with E-state index in [-0.39, 0.29) is 15.1 Å². The quantitative estimate of drug-likeness (QED) is 0.176. The van der Waals surface area contributed by atoms with Crippen LogP contribution in [0.4, 0.5) is 0 Å². The molecule has 5 rings (SSSR count). The van der Waals surface area contributed by atoms with E-state index in [2.05, 4.69) is 101 Å². The van der Waals surface area contributed by atoms with Gasteiger partial charge in [0.2, 0.25) is 6.17 Å². The summed E-state index contributed by atoms with van der Waals surface area (Å²) < 4.78 is 2.97. The number of hydrogen-bond donors (Lipinski definition) is 1. The number of carboxylic acids is 1. The van der Waals surface area contributed by atoms with E-state index < -0.39 is 20.1 Å². The van der Waals surface area contributed by atoms with Crippen LogP contribution >= 0.6 is 27.3 Å². The Balaban J connectivity index is 0.000000201. The summed E-state index contributed by atoms with van der Waals surface area (Å²) in [6, 6.07) is 36.2. The molecule has 5 aromatic rings. The summed E-state index contributed by atoms with van der Waals surface area (Å²) >= 11 is -0.346. The molecule has 2 heterocycles. The summed E-state index contributed by atoms with van der Waals surface area (Å²) in [5.74, 6) is -0.979. The molecule has 1 N–H and O–H groups in total. The number of carboxylic acid groups (broad SMARTS) is 1. The number of aliphatic carboxylic acids is 1. The van der Waals surface area contributed by atoms with Gasteiger partial charge in [0.15, 0.2) is 0 Å². The minimum atomic E-state index is -0.979. The summed E-state index contributed by atoms with van der Waals surface area (Å²) in [6.07, 6.45) is -0.938. The van der Waals surface area contributed by atoms with Gasteiger partial charge in [-0.15, -0.1) is 0 Å². The van der Waals surface area contributed by atoms with Gasteiger partial charge in [0.1, 0.15) is 15.9 Å². The molecule has 0 saturated carbocycles. The second-order valence-corrected chi connectivity index (χ2v) is 14.1. The zero-order valence-corrected chi connectivity index (χ0v) is 26.9. The predicted molar refractivity (Wildman–Crippen MR) is 164 cm³/mol. The van der Waals surface area contributed by atoms with Gasteiger partial charge in [-0.25, -0.2) is 14.2 Å². The van der Waals surface area contributed by atoms with Crippen molar-refractivity contribution in [1.29, 1.82) is 0 Å². The van der Waals surface area contributed by atoms with Crippen molar-refractivity contribution in [3.63, 3.8) is 0 Å². The molecule has 0 aliphatic heterocycles. The monoisotopic (exact) mass is 683 g/mol. The smallest absolute Gasteiger partial charge is 0.0620 e. The number of carbonyl (C=O) groups is 1. The van der Waals surface area contributed by atoms with E-state index in [4.69, 9.17) is 19.4 Å². The van der Waals surface area contributed by atoms with Gasteiger partial charge >= 0.3 is 40.5 Å². The molecule has 0 spiro atoms. The van der Waals surface area contributed by atoms with Crippen molar-refractivity contribution in [1.82, 2.24) is 19.6 Å². The zero-order chi connectivity index (χ0) is 29.1. The fourth-order valence-corrected chi connectivity index (χ4v) is 6.99. The molecule has 0 aliphatic rings. The van der Waals surface area contributed by atoms with Gasteiger partial charge < -0.3 is 5.11 Å². The number of benzene rings is 3. The second-order valence-electron chi connectivity index (χ2n) is 8.98. The summed E-state index contributed by atoms with van der Waals surface area (Å²) in [6.45, 7) is 7.34. The third kappa shape index (κ3) is 8.59. The molecule has 0 aliphatic carbocycles. The number of aromatic nitrogens is 4. The van der Waals surface area contributed by atoms with E-state index in [1.165, 1.54) is 25.3 Å². The standard InChI is InChI=1S/C18H15P.C12H16N4O2.2ClH.Ru/c1-4-10-16(11-5-1)19(17-12-6-2-7-13-17)18-14-8-3-9-15-18;1-7-5-9(3)15(13-7)11(12(17)18)16-10(4)6-8(2)14-16;;;/h1-15H;5-6,11H,1-4H3,(H,17,18);2*1H;/q;;;;+2/p-1. The van der Waals surface area contributed by atoms with E-state index in [9.17, 15) is 9.90 Å². The molecule has 0 atom stereocenters. The Bertz CT molecular complexity index is 1340. The fraction of sp³-hybridized carbons (Fsp3) is 0.167. The van der Waals surface area contributed by atoms with Gasteiger partial charge in [-0.1, -0.05) is 54.6 Å². The third-order valence-electron chi connectivity index (χ3n) is 5.96. The zero-order valence-electron chi connectivity index (χ0n) is 22.6. The van der Waals surface area contributed by atoms with E-state index in [1.54, 1.807) is 0 Å². The molecule has 2 aromatic heterocycles. The van der Waals surface area contributed by atoms with Crippen molar-refractivity contribution in [3.05, 3.63) is 126 Å². The first-order chi connectivity index (χ1) is 19.3. The van der Waals surface area contributed by atoms with Crippen LogP contribution in [0.1, 0.15) is 28.9 Å². The van der Waals surface area contributed by atoms with Crippen molar-refractivity contribution in [3.8, 4) is 0 Å². The van der Waals surface area contributed by atoms with Crippen LogP contribution in [0.2, 0.25) is 0 Å². The first kappa shape index (κ1) is 31.7. The third-order valence-corrected chi connectivity index (χ3v) is 8.69. The summed E-state index contributed by atoms with van der Waals surface area (Å²) in [4.78, 5) is 11.5. The molecule has 0 bridgehead atoms. The largest absolute Gasteiger partial charge is 0.102 e. The minimum Gasteiger partial charge on any atom is -0.0620 e. The Morgan fingerprint density at radius 2 is 1.00 bits per heavy atom. The number of aryl methyl sites for hydroxylation is 4. The minimum absolute atomic E-state index is 0.346. The summed E-state index contributed by atoms with van der Waals surface area (Å²) in [5.41, 5.74) is 3.18.